The Morgan fingerprint density at radius 1 is 1.27 bits per heavy atom. The third-order valence-electron chi connectivity index (χ3n) is 2.85. The van der Waals surface area contributed by atoms with E-state index >= 15 is 0 Å². The number of anilines is 1. The van der Waals surface area contributed by atoms with Gasteiger partial charge < -0.3 is 20.1 Å². The summed E-state index contributed by atoms with van der Waals surface area (Å²) in [5.74, 6) is 1.32. The maximum absolute atomic E-state index is 11.7. The smallest absolute Gasteiger partial charge is 0.238 e. The third kappa shape index (κ3) is 9.60. The number of carbonyl (C=O) groups is 1. The van der Waals surface area contributed by atoms with Gasteiger partial charge in [0.1, 0.15) is 5.75 Å². The van der Waals surface area contributed by atoms with Crippen molar-refractivity contribution in [1.29, 1.82) is 0 Å². The largest absolute Gasteiger partial charge is 0.494 e. The molecule has 0 atom stereocenters. The van der Waals surface area contributed by atoms with Crippen LogP contribution in [0.15, 0.2) is 24.3 Å². The zero-order valence-corrected chi connectivity index (χ0v) is 14.4. The molecule has 6 heteroatoms. The van der Waals surface area contributed by atoms with Crippen LogP contribution in [0.2, 0.25) is 0 Å². The van der Waals surface area contributed by atoms with E-state index in [-0.39, 0.29) is 24.9 Å². The number of ether oxygens (including phenoxy) is 2. The second-order valence-electron chi connectivity index (χ2n) is 5.28. The lowest BCUT2D eigenvalue weighted by Crippen LogP contribution is -2.30. The third-order valence-corrected chi connectivity index (χ3v) is 2.85. The van der Waals surface area contributed by atoms with Gasteiger partial charge in [-0.3, -0.25) is 4.79 Å². The van der Waals surface area contributed by atoms with Crippen LogP contribution in [-0.2, 0) is 9.53 Å². The van der Waals surface area contributed by atoms with E-state index < -0.39 is 0 Å². The van der Waals surface area contributed by atoms with Crippen molar-refractivity contribution in [3.05, 3.63) is 24.3 Å². The average Bonchev–Trinajstić information content (AvgIpc) is 2.44. The molecule has 0 bridgehead atoms. The maximum Gasteiger partial charge on any atom is 0.238 e. The molecule has 0 aliphatic heterocycles. The molecule has 1 aromatic carbocycles. The van der Waals surface area contributed by atoms with Gasteiger partial charge in [-0.2, -0.15) is 0 Å². The Balaban J connectivity index is 0.00000441. The minimum Gasteiger partial charge on any atom is -0.494 e. The lowest BCUT2D eigenvalue weighted by molar-refractivity contribution is -0.115. The second-order valence-corrected chi connectivity index (χ2v) is 5.28. The molecule has 0 saturated carbocycles. The molecular weight excluding hydrogens is 304 g/mol. The number of rotatable bonds is 10. The van der Waals surface area contributed by atoms with Crippen molar-refractivity contribution in [2.24, 2.45) is 5.92 Å². The van der Waals surface area contributed by atoms with Gasteiger partial charge in [-0.15, -0.1) is 12.4 Å². The summed E-state index contributed by atoms with van der Waals surface area (Å²) in [6, 6.07) is 7.46. The van der Waals surface area contributed by atoms with Crippen molar-refractivity contribution < 1.29 is 14.3 Å². The van der Waals surface area contributed by atoms with Crippen LogP contribution >= 0.6 is 12.4 Å². The van der Waals surface area contributed by atoms with E-state index in [4.69, 9.17) is 9.47 Å². The van der Waals surface area contributed by atoms with Gasteiger partial charge in [0.15, 0.2) is 0 Å². The number of methoxy groups -OCH3 is 1. The fourth-order valence-corrected chi connectivity index (χ4v) is 1.66. The minimum absolute atomic E-state index is 0. The SMILES string of the molecule is COCCNCC(=O)Nc1cccc(OCCC(C)C)c1.Cl. The van der Waals surface area contributed by atoms with Crippen LogP contribution in [0.25, 0.3) is 0 Å². The van der Waals surface area contributed by atoms with Crippen LogP contribution in [0.5, 0.6) is 5.75 Å². The predicted octanol–water partition coefficient (Wildman–Crippen LogP) is 2.71. The van der Waals surface area contributed by atoms with E-state index in [9.17, 15) is 4.79 Å². The lowest BCUT2D eigenvalue weighted by Gasteiger charge is -2.10. The van der Waals surface area contributed by atoms with Gasteiger partial charge in [-0.1, -0.05) is 19.9 Å². The quantitative estimate of drug-likeness (QED) is 0.648. The number of benzene rings is 1. The van der Waals surface area contributed by atoms with Crippen LogP contribution in [0.4, 0.5) is 5.69 Å². The van der Waals surface area contributed by atoms with Gasteiger partial charge >= 0.3 is 0 Å². The Bertz CT molecular complexity index is 428. The van der Waals surface area contributed by atoms with E-state index in [0.717, 1.165) is 17.9 Å². The van der Waals surface area contributed by atoms with Gasteiger partial charge in [-0.05, 0) is 24.5 Å². The van der Waals surface area contributed by atoms with E-state index in [0.29, 0.717) is 25.7 Å². The van der Waals surface area contributed by atoms with E-state index in [2.05, 4.69) is 24.5 Å². The summed E-state index contributed by atoms with van der Waals surface area (Å²) >= 11 is 0. The molecule has 1 amide bonds. The zero-order chi connectivity index (χ0) is 15.5. The molecule has 0 aliphatic carbocycles. The summed E-state index contributed by atoms with van der Waals surface area (Å²) in [5.41, 5.74) is 0.746. The first-order valence-corrected chi connectivity index (χ1v) is 7.34. The van der Waals surface area contributed by atoms with E-state index in [1.165, 1.54) is 0 Å². The Kier molecular flexibility index (Phi) is 11.5. The molecule has 0 heterocycles. The van der Waals surface area contributed by atoms with Crippen molar-refractivity contribution in [2.45, 2.75) is 20.3 Å². The Labute approximate surface area is 139 Å². The lowest BCUT2D eigenvalue weighted by atomic mass is 10.1. The Hall–Kier alpha value is -1.30. The van der Waals surface area contributed by atoms with Gasteiger partial charge in [0.05, 0.1) is 19.8 Å². The van der Waals surface area contributed by atoms with Crippen LogP contribution in [0.3, 0.4) is 0 Å². The normalized spacial score (nSPS) is 10.2. The van der Waals surface area contributed by atoms with Crippen molar-refractivity contribution >= 4 is 24.0 Å². The number of amides is 1. The predicted molar refractivity (Wildman–Crippen MR) is 92.0 cm³/mol. The average molecular weight is 331 g/mol. The molecule has 0 aliphatic rings. The van der Waals surface area contributed by atoms with Crippen molar-refractivity contribution in [3.8, 4) is 5.75 Å². The summed E-state index contributed by atoms with van der Waals surface area (Å²) in [6.07, 6.45) is 1.01. The highest BCUT2D eigenvalue weighted by Crippen LogP contribution is 2.17. The summed E-state index contributed by atoms with van der Waals surface area (Å²) in [6.45, 7) is 6.53. The summed E-state index contributed by atoms with van der Waals surface area (Å²) in [5, 5.41) is 5.84. The molecule has 0 aromatic heterocycles. The molecular formula is C16H27ClN2O3. The highest BCUT2D eigenvalue weighted by Gasteiger charge is 2.03. The van der Waals surface area contributed by atoms with Gasteiger partial charge in [0.2, 0.25) is 5.91 Å². The molecule has 0 fully saturated rings. The molecule has 22 heavy (non-hydrogen) atoms. The summed E-state index contributed by atoms with van der Waals surface area (Å²) in [4.78, 5) is 11.7. The van der Waals surface area contributed by atoms with E-state index in [1.54, 1.807) is 7.11 Å². The molecule has 0 unspecified atom stereocenters. The van der Waals surface area contributed by atoms with Gasteiger partial charge in [-0.25, -0.2) is 0 Å². The molecule has 5 nitrogen and oxygen atoms in total. The van der Waals surface area contributed by atoms with Crippen LogP contribution < -0.4 is 15.4 Å². The first kappa shape index (κ1) is 20.7. The van der Waals surface area contributed by atoms with Crippen LogP contribution in [0.1, 0.15) is 20.3 Å². The van der Waals surface area contributed by atoms with Crippen molar-refractivity contribution in [1.82, 2.24) is 5.32 Å². The summed E-state index contributed by atoms with van der Waals surface area (Å²) in [7, 11) is 1.63. The molecule has 2 N–H and O–H groups in total. The topological polar surface area (TPSA) is 59.6 Å². The highest BCUT2D eigenvalue weighted by molar-refractivity contribution is 5.92. The number of carbonyl (C=O) groups excluding carboxylic acids is 1. The highest BCUT2D eigenvalue weighted by atomic mass is 35.5. The second kappa shape index (κ2) is 12.3. The fraction of sp³-hybridized carbons (Fsp3) is 0.562. The maximum atomic E-state index is 11.7. The monoisotopic (exact) mass is 330 g/mol. The number of hydrogen-bond donors (Lipinski definition) is 2. The number of nitrogens with one attached hydrogen (secondary N) is 2. The van der Waals surface area contributed by atoms with Gasteiger partial charge in [0.25, 0.3) is 0 Å². The Morgan fingerprint density at radius 3 is 2.73 bits per heavy atom. The molecule has 0 spiro atoms. The molecule has 0 radical (unpaired) electrons. The first-order chi connectivity index (χ1) is 10.1. The Morgan fingerprint density at radius 2 is 2.05 bits per heavy atom. The van der Waals surface area contributed by atoms with Crippen molar-refractivity contribution in [2.75, 3.05) is 38.7 Å². The molecule has 0 saturated heterocycles. The van der Waals surface area contributed by atoms with E-state index in [1.807, 2.05) is 24.3 Å². The first-order valence-electron chi connectivity index (χ1n) is 7.34. The summed E-state index contributed by atoms with van der Waals surface area (Å²) < 4.78 is 10.6. The number of halogens is 1. The standard InChI is InChI=1S/C16H26N2O3.ClH/c1-13(2)7-9-21-15-6-4-5-14(11-15)18-16(19)12-17-8-10-20-3;/h4-6,11,13,17H,7-10,12H2,1-3H3,(H,18,19);1H. The molecule has 126 valence electrons. The van der Waals surface area contributed by atoms with Crippen LogP contribution in [-0.4, -0.2) is 39.3 Å². The molecule has 1 rings (SSSR count). The fourth-order valence-electron chi connectivity index (χ4n) is 1.66. The number of hydrogen-bond acceptors (Lipinski definition) is 4. The zero-order valence-electron chi connectivity index (χ0n) is 13.6. The van der Waals surface area contributed by atoms with Crippen molar-refractivity contribution in [3.63, 3.8) is 0 Å². The van der Waals surface area contributed by atoms with Crippen LogP contribution in [0, 0.1) is 5.92 Å². The minimum atomic E-state index is -0.0783. The molecule has 1 aromatic rings. The van der Waals surface area contributed by atoms with Gasteiger partial charge in [0, 0.05) is 25.4 Å².